The highest BCUT2D eigenvalue weighted by atomic mass is 127. The lowest BCUT2D eigenvalue weighted by atomic mass is 10.2. The first-order valence-electron chi connectivity index (χ1n) is 8.90. The van der Waals surface area contributed by atoms with Crippen LogP contribution in [-0.4, -0.2) is 47.3 Å². The average molecular weight is 566 g/mol. The van der Waals surface area contributed by atoms with Gasteiger partial charge in [0.1, 0.15) is 11.4 Å². The molecule has 1 N–H and O–H groups in total. The molecule has 0 amide bonds. The molecule has 0 aliphatic carbocycles. The smallest absolute Gasteiger partial charge is 0.321 e. The zero-order valence-corrected chi connectivity index (χ0v) is 20.8. The van der Waals surface area contributed by atoms with E-state index in [1.165, 1.54) is 25.2 Å². The Morgan fingerprint density at radius 3 is 2.23 bits per heavy atom. The summed E-state index contributed by atoms with van der Waals surface area (Å²) in [7, 11) is -6.99. The molecule has 8 nitrogen and oxygen atoms in total. The van der Waals surface area contributed by atoms with E-state index in [0.717, 1.165) is 9.87 Å². The maximum absolute atomic E-state index is 13.1. The van der Waals surface area contributed by atoms with Crippen LogP contribution in [0.3, 0.4) is 0 Å². The Morgan fingerprint density at radius 2 is 1.67 bits per heavy atom. The van der Waals surface area contributed by atoms with Crippen LogP contribution >= 0.6 is 22.6 Å². The molecule has 0 spiro atoms. The van der Waals surface area contributed by atoms with Crippen molar-refractivity contribution in [2.45, 2.75) is 30.6 Å². The van der Waals surface area contributed by atoms with Crippen LogP contribution in [0.4, 0.5) is 5.69 Å². The molecular weight excluding hydrogens is 543 g/mol. The summed E-state index contributed by atoms with van der Waals surface area (Å²) in [5.41, 5.74) is 1.45. The molecule has 0 fully saturated rings. The quantitative estimate of drug-likeness (QED) is 0.389. The van der Waals surface area contributed by atoms with Gasteiger partial charge in [0.15, 0.2) is 0 Å². The number of hydrogen-bond donors (Lipinski definition) is 1. The molecule has 30 heavy (non-hydrogen) atoms. The summed E-state index contributed by atoms with van der Waals surface area (Å²) in [5.74, 6) is -0.701. The number of halogens is 1. The standard InChI is InChI=1S/C19H23IN2O6S2/c1-5-28-18(23)12-22(4)30(26,27)17-11-14(3)10-16(20)19(17)21-29(24,25)15-8-6-13(2)7-9-15/h6-11,21H,5,12H2,1-4H3. The number of ether oxygens (including phenoxy) is 1. The van der Waals surface area contributed by atoms with Gasteiger partial charge in [-0.25, -0.2) is 16.8 Å². The number of sulfonamides is 2. The summed E-state index contributed by atoms with van der Waals surface area (Å²) in [6, 6.07) is 9.22. The van der Waals surface area contributed by atoms with Crippen LogP contribution in [0.2, 0.25) is 0 Å². The number of esters is 1. The van der Waals surface area contributed by atoms with E-state index in [-0.39, 0.29) is 22.1 Å². The summed E-state index contributed by atoms with van der Waals surface area (Å²) in [6.45, 7) is 4.77. The number of benzene rings is 2. The number of carbonyl (C=O) groups excluding carboxylic acids is 1. The SMILES string of the molecule is CCOC(=O)CN(C)S(=O)(=O)c1cc(C)cc(I)c1NS(=O)(=O)c1ccc(C)cc1. The molecule has 0 aliphatic rings. The van der Waals surface area contributed by atoms with Crippen LogP contribution in [-0.2, 0) is 29.6 Å². The van der Waals surface area contributed by atoms with Gasteiger partial charge in [-0.05, 0) is 73.2 Å². The molecule has 0 saturated carbocycles. The molecule has 2 aromatic carbocycles. The van der Waals surface area contributed by atoms with Gasteiger partial charge < -0.3 is 4.74 Å². The fourth-order valence-electron chi connectivity index (χ4n) is 2.56. The van der Waals surface area contributed by atoms with Crippen molar-refractivity contribution in [2.24, 2.45) is 0 Å². The van der Waals surface area contributed by atoms with Crippen LogP contribution in [0.15, 0.2) is 46.2 Å². The van der Waals surface area contributed by atoms with Crippen molar-refractivity contribution in [1.29, 1.82) is 0 Å². The Bertz CT molecular complexity index is 1150. The second kappa shape index (κ2) is 9.62. The molecule has 0 aromatic heterocycles. The molecule has 0 heterocycles. The van der Waals surface area contributed by atoms with E-state index in [2.05, 4.69) is 4.72 Å². The van der Waals surface area contributed by atoms with Gasteiger partial charge in [0.25, 0.3) is 10.0 Å². The van der Waals surface area contributed by atoms with E-state index in [1.54, 1.807) is 32.0 Å². The fourth-order valence-corrected chi connectivity index (χ4v) is 6.38. The van der Waals surface area contributed by atoms with Gasteiger partial charge in [-0.2, -0.15) is 4.31 Å². The third-order valence-electron chi connectivity index (χ3n) is 4.11. The summed E-state index contributed by atoms with van der Waals surface area (Å²) >= 11 is 1.88. The maximum Gasteiger partial charge on any atom is 0.321 e. The monoisotopic (exact) mass is 566 g/mol. The molecule has 0 unspecified atom stereocenters. The van der Waals surface area contributed by atoms with Crippen LogP contribution in [0.5, 0.6) is 0 Å². The molecule has 0 aliphatic heterocycles. The Kier molecular flexibility index (Phi) is 7.88. The number of likely N-dealkylation sites (N-methyl/N-ethyl adjacent to an activating group) is 1. The van der Waals surface area contributed by atoms with E-state index >= 15 is 0 Å². The lowest BCUT2D eigenvalue weighted by Gasteiger charge is -2.20. The summed E-state index contributed by atoms with van der Waals surface area (Å²) in [5, 5.41) is 0. The first kappa shape index (κ1) is 24.6. The fraction of sp³-hybridized carbons (Fsp3) is 0.316. The Morgan fingerprint density at radius 1 is 1.07 bits per heavy atom. The predicted molar refractivity (Wildman–Crippen MR) is 122 cm³/mol. The van der Waals surface area contributed by atoms with Crippen molar-refractivity contribution in [3.8, 4) is 0 Å². The number of nitrogens with zero attached hydrogens (tertiary/aromatic N) is 1. The Labute approximate surface area is 190 Å². The Balaban J connectivity index is 2.52. The lowest BCUT2D eigenvalue weighted by molar-refractivity contribution is -0.143. The van der Waals surface area contributed by atoms with Crippen molar-refractivity contribution in [2.75, 3.05) is 24.9 Å². The molecule has 164 valence electrons. The number of carbonyl (C=O) groups is 1. The van der Waals surface area contributed by atoms with Crippen molar-refractivity contribution < 1.29 is 26.4 Å². The minimum atomic E-state index is -4.19. The number of anilines is 1. The lowest BCUT2D eigenvalue weighted by Crippen LogP contribution is -2.34. The number of hydrogen-bond acceptors (Lipinski definition) is 6. The third-order valence-corrected chi connectivity index (χ3v) is 8.16. The summed E-state index contributed by atoms with van der Waals surface area (Å²) < 4.78 is 60.5. The minimum Gasteiger partial charge on any atom is -0.465 e. The molecular formula is C19H23IN2O6S2. The van der Waals surface area contributed by atoms with Crippen LogP contribution in [0.1, 0.15) is 18.1 Å². The predicted octanol–water partition coefficient (Wildman–Crippen LogP) is 2.89. The van der Waals surface area contributed by atoms with Gasteiger partial charge in [-0.3, -0.25) is 9.52 Å². The van der Waals surface area contributed by atoms with E-state index in [4.69, 9.17) is 4.74 Å². The van der Waals surface area contributed by atoms with E-state index in [0.29, 0.717) is 9.13 Å². The Hall–Kier alpha value is -1.70. The molecule has 2 rings (SSSR count). The molecule has 0 bridgehead atoms. The molecule has 11 heteroatoms. The zero-order chi connectivity index (χ0) is 22.7. The minimum absolute atomic E-state index is 0.00713. The van der Waals surface area contributed by atoms with Gasteiger partial charge in [-0.15, -0.1) is 0 Å². The van der Waals surface area contributed by atoms with Crippen molar-refractivity contribution >= 4 is 54.3 Å². The maximum atomic E-state index is 13.1. The number of aryl methyl sites for hydroxylation is 2. The van der Waals surface area contributed by atoms with E-state index in [9.17, 15) is 21.6 Å². The van der Waals surface area contributed by atoms with Crippen LogP contribution in [0, 0.1) is 17.4 Å². The first-order valence-corrected chi connectivity index (χ1v) is 12.9. The normalized spacial score (nSPS) is 12.1. The molecule has 0 saturated heterocycles. The van der Waals surface area contributed by atoms with Gasteiger partial charge in [-0.1, -0.05) is 17.7 Å². The molecule has 2 aromatic rings. The van der Waals surface area contributed by atoms with Gasteiger partial charge >= 0.3 is 5.97 Å². The highest BCUT2D eigenvalue weighted by molar-refractivity contribution is 14.1. The second-order valence-corrected chi connectivity index (χ2v) is 11.5. The van der Waals surface area contributed by atoms with Crippen molar-refractivity contribution in [3.63, 3.8) is 0 Å². The van der Waals surface area contributed by atoms with Crippen molar-refractivity contribution in [1.82, 2.24) is 4.31 Å². The molecule has 0 radical (unpaired) electrons. The largest absolute Gasteiger partial charge is 0.465 e. The highest BCUT2D eigenvalue weighted by Gasteiger charge is 2.30. The second-order valence-electron chi connectivity index (χ2n) is 6.60. The van der Waals surface area contributed by atoms with E-state index in [1.807, 2.05) is 29.5 Å². The van der Waals surface area contributed by atoms with Gasteiger partial charge in [0, 0.05) is 10.6 Å². The summed E-state index contributed by atoms with van der Waals surface area (Å²) in [6.07, 6.45) is 0. The zero-order valence-electron chi connectivity index (χ0n) is 17.0. The van der Waals surface area contributed by atoms with E-state index < -0.39 is 32.6 Å². The van der Waals surface area contributed by atoms with Crippen LogP contribution in [0.25, 0.3) is 0 Å². The van der Waals surface area contributed by atoms with Gasteiger partial charge in [0.2, 0.25) is 10.0 Å². The topological polar surface area (TPSA) is 110 Å². The van der Waals surface area contributed by atoms with Crippen LogP contribution < -0.4 is 4.72 Å². The van der Waals surface area contributed by atoms with Gasteiger partial charge in [0.05, 0.1) is 17.2 Å². The summed E-state index contributed by atoms with van der Waals surface area (Å²) in [4.78, 5) is 11.5. The first-order chi connectivity index (χ1) is 13.9. The highest BCUT2D eigenvalue weighted by Crippen LogP contribution is 2.32. The third kappa shape index (κ3) is 5.71. The number of nitrogens with one attached hydrogen (secondary N) is 1. The number of rotatable bonds is 8. The van der Waals surface area contributed by atoms with Crippen molar-refractivity contribution in [3.05, 3.63) is 51.1 Å². The molecule has 0 atom stereocenters. The average Bonchev–Trinajstić information content (AvgIpc) is 2.64.